The molecule has 1 aliphatic rings. The molecule has 1 atom stereocenters. The van der Waals surface area contributed by atoms with Crippen LogP contribution in [0.5, 0.6) is 0 Å². The smallest absolute Gasteiger partial charge is 0.244 e. The lowest BCUT2D eigenvalue weighted by molar-refractivity contribution is -0.115. The highest BCUT2D eigenvalue weighted by atomic mass is 32.2. The molecule has 0 spiro atoms. The van der Waals surface area contributed by atoms with Gasteiger partial charge in [0.2, 0.25) is 15.9 Å². The Hall–Kier alpha value is -1.97. The zero-order chi connectivity index (χ0) is 19.4. The molecule has 3 rings (SSSR count). The highest BCUT2D eigenvalue weighted by molar-refractivity contribution is 8.00. The van der Waals surface area contributed by atoms with Gasteiger partial charge in [0.1, 0.15) is 10.7 Å². The quantitative estimate of drug-likeness (QED) is 0.742. The Morgan fingerprint density at radius 3 is 2.56 bits per heavy atom. The predicted molar refractivity (Wildman–Crippen MR) is 103 cm³/mol. The third-order valence-corrected chi connectivity index (χ3v) is 7.14. The van der Waals surface area contributed by atoms with Crippen molar-refractivity contribution in [3.05, 3.63) is 48.4 Å². The summed E-state index contributed by atoms with van der Waals surface area (Å²) >= 11 is 1.17. The van der Waals surface area contributed by atoms with Crippen LogP contribution in [0.2, 0.25) is 0 Å². The first-order valence-corrected chi connectivity index (χ1v) is 10.9. The number of aromatic nitrogens is 1. The number of nitrogens with one attached hydrogen (secondary N) is 1. The molecule has 1 amide bonds. The average Bonchev–Trinajstić information content (AvgIpc) is 3.19. The van der Waals surface area contributed by atoms with Gasteiger partial charge in [-0.05, 0) is 44.0 Å². The number of halogens is 1. The zero-order valence-electron chi connectivity index (χ0n) is 14.8. The number of hydrogen-bond donors (Lipinski definition) is 1. The highest BCUT2D eigenvalue weighted by Crippen LogP contribution is 2.25. The average molecular weight is 410 g/mol. The molecule has 0 bridgehead atoms. The lowest BCUT2D eigenvalue weighted by Crippen LogP contribution is -2.28. The van der Waals surface area contributed by atoms with E-state index in [-0.39, 0.29) is 16.5 Å². The van der Waals surface area contributed by atoms with Crippen molar-refractivity contribution in [2.24, 2.45) is 0 Å². The first-order valence-electron chi connectivity index (χ1n) is 8.56. The summed E-state index contributed by atoms with van der Waals surface area (Å²) < 4.78 is 40.1. The molecule has 1 N–H and O–H groups in total. The van der Waals surface area contributed by atoms with Gasteiger partial charge in [-0.3, -0.25) is 4.79 Å². The van der Waals surface area contributed by atoms with Gasteiger partial charge in [0.05, 0.1) is 16.0 Å². The first-order chi connectivity index (χ1) is 12.9. The number of anilines is 1. The van der Waals surface area contributed by atoms with Crippen LogP contribution in [0, 0.1) is 5.82 Å². The van der Waals surface area contributed by atoms with E-state index in [1.807, 2.05) is 0 Å². The molecule has 1 fully saturated rings. The molecule has 9 heteroatoms. The van der Waals surface area contributed by atoms with Crippen molar-refractivity contribution >= 4 is 33.4 Å². The third kappa shape index (κ3) is 4.66. The van der Waals surface area contributed by atoms with Crippen LogP contribution in [-0.2, 0) is 14.8 Å². The second kappa shape index (κ2) is 8.37. The second-order valence-electron chi connectivity index (χ2n) is 6.17. The largest absolute Gasteiger partial charge is 0.323 e. The van der Waals surface area contributed by atoms with E-state index in [0.717, 1.165) is 12.8 Å². The predicted octanol–water partition coefficient (Wildman–Crippen LogP) is 3.12. The van der Waals surface area contributed by atoms with Crippen LogP contribution in [0.15, 0.2) is 52.5 Å². The Balaban J connectivity index is 1.64. The Kier molecular flexibility index (Phi) is 6.13. The van der Waals surface area contributed by atoms with Gasteiger partial charge in [-0.15, -0.1) is 0 Å². The van der Waals surface area contributed by atoms with E-state index >= 15 is 0 Å². The van der Waals surface area contributed by atoms with Crippen LogP contribution in [-0.4, -0.2) is 42.0 Å². The normalized spacial score (nSPS) is 16.2. The number of amides is 1. The Morgan fingerprint density at radius 1 is 1.22 bits per heavy atom. The molecular weight excluding hydrogens is 389 g/mol. The summed E-state index contributed by atoms with van der Waals surface area (Å²) in [6, 6.07) is 9.03. The number of pyridine rings is 1. The molecule has 0 aliphatic carbocycles. The lowest BCUT2D eigenvalue weighted by atomic mass is 10.3. The van der Waals surface area contributed by atoms with Crippen molar-refractivity contribution in [1.29, 1.82) is 0 Å². The van der Waals surface area contributed by atoms with Gasteiger partial charge >= 0.3 is 0 Å². The van der Waals surface area contributed by atoms with Gasteiger partial charge < -0.3 is 5.32 Å². The monoisotopic (exact) mass is 409 g/mol. The number of benzene rings is 1. The lowest BCUT2D eigenvalue weighted by Gasteiger charge is -2.15. The van der Waals surface area contributed by atoms with Crippen molar-refractivity contribution in [2.45, 2.75) is 34.9 Å². The van der Waals surface area contributed by atoms with E-state index < -0.39 is 21.1 Å². The third-order valence-electron chi connectivity index (χ3n) is 4.21. The number of carbonyl (C=O) groups excluding carboxylic acids is 1. The van der Waals surface area contributed by atoms with E-state index in [4.69, 9.17) is 0 Å². The number of sulfonamides is 1. The van der Waals surface area contributed by atoms with E-state index in [1.165, 1.54) is 40.5 Å². The minimum Gasteiger partial charge on any atom is -0.323 e. The number of para-hydroxylation sites is 1. The van der Waals surface area contributed by atoms with E-state index in [2.05, 4.69) is 10.3 Å². The van der Waals surface area contributed by atoms with Crippen LogP contribution in [0.1, 0.15) is 19.8 Å². The molecule has 6 nitrogen and oxygen atoms in total. The molecule has 2 heterocycles. The topological polar surface area (TPSA) is 79.4 Å². The maximum Gasteiger partial charge on any atom is 0.244 e. The molecular formula is C18H20FN3O3S2. The molecule has 1 aromatic carbocycles. The van der Waals surface area contributed by atoms with Crippen LogP contribution >= 0.6 is 11.8 Å². The fourth-order valence-electron chi connectivity index (χ4n) is 2.70. The molecule has 1 saturated heterocycles. The van der Waals surface area contributed by atoms with Crippen molar-refractivity contribution in [3.63, 3.8) is 0 Å². The van der Waals surface area contributed by atoms with Crippen LogP contribution in [0.25, 0.3) is 0 Å². The number of carbonyl (C=O) groups is 1. The standard InChI is InChI=1S/C18H20FN3O3S2/c1-13(18(23)21-16-7-3-2-6-15(16)19)26-17-9-8-14(12-20-17)27(24,25)22-10-4-5-11-22/h2-3,6-9,12-13H,4-5,10-11H2,1H3,(H,21,23). The minimum absolute atomic E-state index is 0.120. The summed E-state index contributed by atoms with van der Waals surface area (Å²) in [5, 5.41) is 2.53. The van der Waals surface area contributed by atoms with Crippen molar-refractivity contribution in [2.75, 3.05) is 18.4 Å². The van der Waals surface area contributed by atoms with E-state index in [0.29, 0.717) is 18.1 Å². The summed E-state index contributed by atoms with van der Waals surface area (Å²) in [4.78, 5) is 16.6. The molecule has 1 aliphatic heterocycles. The molecule has 2 aromatic rings. The maximum absolute atomic E-state index is 13.6. The number of rotatable bonds is 6. The van der Waals surface area contributed by atoms with Crippen molar-refractivity contribution < 1.29 is 17.6 Å². The summed E-state index contributed by atoms with van der Waals surface area (Å²) in [7, 11) is -3.51. The molecule has 144 valence electrons. The Labute approximate surface area is 162 Å². The molecule has 0 saturated carbocycles. The van der Waals surface area contributed by atoms with Crippen molar-refractivity contribution in [3.8, 4) is 0 Å². The Morgan fingerprint density at radius 2 is 1.93 bits per heavy atom. The maximum atomic E-state index is 13.6. The van der Waals surface area contributed by atoms with Gasteiger partial charge in [-0.1, -0.05) is 23.9 Å². The number of hydrogen-bond acceptors (Lipinski definition) is 5. The molecule has 27 heavy (non-hydrogen) atoms. The first kappa shape index (κ1) is 19.8. The zero-order valence-corrected chi connectivity index (χ0v) is 16.4. The van der Waals surface area contributed by atoms with Gasteiger partial charge in [0.15, 0.2) is 0 Å². The SMILES string of the molecule is CC(Sc1ccc(S(=O)(=O)N2CCCC2)cn1)C(=O)Nc1ccccc1F. The number of thioether (sulfide) groups is 1. The summed E-state index contributed by atoms with van der Waals surface area (Å²) in [6.07, 6.45) is 3.06. The fraction of sp³-hybridized carbons (Fsp3) is 0.333. The van der Waals surface area contributed by atoms with Crippen LogP contribution < -0.4 is 5.32 Å². The van der Waals surface area contributed by atoms with Gasteiger partial charge in [0, 0.05) is 19.3 Å². The van der Waals surface area contributed by atoms with Gasteiger partial charge in [-0.25, -0.2) is 17.8 Å². The molecule has 1 unspecified atom stereocenters. The summed E-state index contributed by atoms with van der Waals surface area (Å²) in [6.45, 7) is 2.75. The fourth-order valence-corrected chi connectivity index (χ4v) is 4.95. The number of nitrogens with zero attached hydrogens (tertiary/aromatic N) is 2. The van der Waals surface area contributed by atoms with Gasteiger partial charge in [0.25, 0.3) is 0 Å². The molecule has 0 radical (unpaired) electrons. The van der Waals surface area contributed by atoms with E-state index in [1.54, 1.807) is 25.1 Å². The summed E-state index contributed by atoms with van der Waals surface area (Å²) in [5.74, 6) is -0.863. The molecule has 1 aromatic heterocycles. The van der Waals surface area contributed by atoms with Crippen LogP contribution in [0.3, 0.4) is 0 Å². The Bertz CT molecular complexity index is 914. The highest BCUT2D eigenvalue weighted by Gasteiger charge is 2.27. The van der Waals surface area contributed by atoms with Gasteiger partial charge in [-0.2, -0.15) is 4.31 Å². The second-order valence-corrected chi connectivity index (χ2v) is 9.47. The van der Waals surface area contributed by atoms with Crippen molar-refractivity contribution in [1.82, 2.24) is 9.29 Å². The minimum atomic E-state index is -3.51. The summed E-state index contributed by atoms with van der Waals surface area (Å²) in [5.41, 5.74) is 0.120. The van der Waals surface area contributed by atoms with E-state index in [9.17, 15) is 17.6 Å². The van der Waals surface area contributed by atoms with Crippen LogP contribution in [0.4, 0.5) is 10.1 Å².